The Bertz CT molecular complexity index is 566. The van der Waals surface area contributed by atoms with Crippen LogP contribution < -0.4 is 0 Å². The summed E-state index contributed by atoms with van der Waals surface area (Å²) in [5.74, 6) is -7.19. The van der Waals surface area contributed by atoms with Crippen LogP contribution in [0.15, 0.2) is 24.3 Å². The van der Waals surface area contributed by atoms with Gasteiger partial charge in [0, 0.05) is 5.56 Å². The summed E-state index contributed by atoms with van der Waals surface area (Å²) in [4.78, 5) is 0. The molecule has 1 unspecified atom stereocenters. The molecular weight excluding hydrogens is 346 g/mol. The molecule has 10 heteroatoms. The second-order valence-corrected chi connectivity index (χ2v) is 6.54. The molecule has 0 aliphatic rings. The Morgan fingerprint density at radius 3 is 2.00 bits per heavy atom. The number of aliphatic hydroxyl groups is 1. The lowest BCUT2D eigenvalue weighted by atomic mass is 10.1. The second kappa shape index (κ2) is 7.25. The average molecular weight is 362 g/mol. The average Bonchev–Trinajstić information content (AvgIpc) is 2.46. The van der Waals surface area contributed by atoms with Gasteiger partial charge >= 0.3 is 19.7 Å². The summed E-state index contributed by atoms with van der Waals surface area (Å²) in [6.45, 7) is 2.13. The first-order chi connectivity index (χ1) is 10.5. The van der Waals surface area contributed by atoms with Crippen LogP contribution in [0.4, 0.5) is 22.0 Å². The predicted molar refractivity (Wildman–Crippen MR) is 72.2 cm³/mol. The van der Waals surface area contributed by atoms with Crippen molar-refractivity contribution in [3.8, 4) is 0 Å². The van der Waals surface area contributed by atoms with Gasteiger partial charge in [-0.3, -0.25) is 4.57 Å². The fraction of sp³-hybridized carbons (Fsp3) is 0.538. The lowest BCUT2D eigenvalue weighted by Crippen LogP contribution is -2.32. The van der Waals surface area contributed by atoms with E-state index in [1.165, 1.54) is 13.8 Å². The molecular formula is C13H16F5O4P. The highest BCUT2D eigenvalue weighted by Gasteiger charge is 2.53. The maximum atomic E-state index is 14.3. The van der Waals surface area contributed by atoms with Gasteiger partial charge in [-0.25, -0.2) is 0 Å². The fourth-order valence-corrected chi connectivity index (χ4v) is 3.41. The monoisotopic (exact) mass is 362 g/mol. The van der Waals surface area contributed by atoms with Gasteiger partial charge in [-0.05, 0) is 26.0 Å². The molecule has 0 heterocycles. The minimum absolute atomic E-state index is 0.186. The highest BCUT2D eigenvalue weighted by atomic mass is 31.2. The second-order valence-electron chi connectivity index (χ2n) is 4.45. The minimum Gasteiger partial charge on any atom is -0.375 e. The van der Waals surface area contributed by atoms with Crippen molar-refractivity contribution in [3.63, 3.8) is 0 Å². The number of hydrogen-bond donors (Lipinski definition) is 1. The van der Waals surface area contributed by atoms with E-state index in [2.05, 4.69) is 9.05 Å². The summed E-state index contributed by atoms with van der Waals surface area (Å²) < 4.78 is 87.9. The van der Waals surface area contributed by atoms with E-state index < -0.39 is 36.7 Å². The lowest BCUT2D eigenvalue weighted by Gasteiger charge is -2.29. The van der Waals surface area contributed by atoms with Gasteiger partial charge in [-0.1, -0.05) is 12.1 Å². The Morgan fingerprint density at radius 1 is 1.09 bits per heavy atom. The largest absolute Gasteiger partial charge is 0.416 e. The number of halogens is 5. The van der Waals surface area contributed by atoms with Crippen molar-refractivity contribution in [2.45, 2.75) is 31.8 Å². The number of aliphatic hydroxyl groups excluding tert-OH is 1. The summed E-state index contributed by atoms with van der Waals surface area (Å²) in [5, 5.41) is 9.76. The fourth-order valence-electron chi connectivity index (χ4n) is 1.79. The molecule has 0 radical (unpaired) electrons. The Morgan fingerprint density at radius 2 is 1.57 bits per heavy atom. The molecule has 0 amide bonds. The van der Waals surface area contributed by atoms with Crippen molar-refractivity contribution in [3.05, 3.63) is 35.4 Å². The molecule has 23 heavy (non-hydrogen) atoms. The van der Waals surface area contributed by atoms with E-state index in [-0.39, 0.29) is 19.3 Å². The van der Waals surface area contributed by atoms with Crippen LogP contribution >= 0.6 is 7.60 Å². The zero-order chi connectivity index (χ0) is 17.9. The standard InChI is InChI=1S/C13H16F5O4P/c1-3-21-23(20,22-4-2)11(19)12(14,15)9-6-5-7-10(8-9)13(16,17)18/h5-8,11,19H,3-4H2,1-2H3. The van der Waals surface area contributed by atoms with Gasteiger partial charge in [0.2, 0.25) is 5.85 Å². The molecule has 4 nitrogen and oxygen atoms in total. The van der Waals surface area contributed by atoms with Gasteiger partial charge < -0.3 is 14.2 Å². The van der Waals surface area contributed by atoms with Crippen LogP contribution in [-0.4, -0.2) is 24.2 Å². The van der Waals surface area contributed by atoms with Crippen LogP contribution in [0.25, 0.3) is 0 Å². The van der Waals surface area contributed by atoms with Crippen molar-refractivity contribution >= 4 is 7.60 Å². The van der Waals surface area contributed by atoms with Gasteiger partial charge in [-0.2, -0.15) is 22.0 Å². The Labute approximate surface area is 129 Å². The maximum absolute atomic E-state index is 14.3. The molecule has 0 aromatic heterocycles. The lowest BCUT2D eigenvalue weighted by molar-refractivity contribution is -0.138. The molecule has 1 rings (SSSR count). The van der Waals surface area contributed by atoms with Crippen molar-refractivity contribution in [2.75, 3.05) is 13.2 Å². The molecule has 0 aliphatic carbocycles. The molecule has 0 saturated heterocycles. The SMILES string of the molecule is CCOP(=O)(OCC)C(O)C(F)(F)c1cccc(C(F)(F)F)c1. The van der Waals surface area contributed by atoms with E-state index in [9.17, 15) is 31.6 Å². The third kappa shape index (κ3) is 4.50. The van der Waals surface area contributed by atoms with Crippen LogP contribution in [0.2, 0.25) is 0 Å². The van der Waals surface area contributed by atoms with Crippen molar-refractivity contribution < 1.29 is 40.7 Å². The van der Waals surface area contributed by atoms with Crippen LogP contribution in [0, 0.1) is 0 Å². The third-order valence-corrected chi connectivity index (χ3v) is 4.98. The Balaban J connectivity index is 3.26. The summed E-state index contributed by atoms with van der Waals surface area (Å²) >= 11 is 0. The van der Waals surface area contributed by atoms with Gasteiger partial charge in [0.05, 0.1) is 18.8 Å². The van der Waals surface area contributed by atoms with Crippen LogP contribution in [0.5, 0.6) is 0 Å². The third-order valence-electron chi connectivity index (χ3n) is 2.82. The normalized spacial score (nSPS) is 14.8. The van der Waals surface area contributed by atoms with Crippen LogP contribution in [0.3, 0.4) is 0 Å². The van der Waals surface area contributed by atoms with Crippen LogP contribution in [-0.2, 0) is 25.7 Å². The number of alkyl halides is 5. The van der Waals surface area contributed by atoms with Crippen molar-refractivity contribution in [1.82, 2.24) is 0 Å². The van der Waals surface area contributed by atoms with Gasteiger partial charge in [0.15, 0.2) is 0 Å². The van der Waals surface area contributed by atoms with Gasteiger partial charge in [-0.15, -0.1) is 0 Å². The molecule has 132 valence electrons. The summed E-state index contributed by atoms with van der Waals surface area (Å²) in [6, 6.07) is 2.26. The van der Waals surface area contributed by atoms with E-state index in [0.717, 1.165) is 6.07 Å². The van der Waals surface area contributed by atoms with E-state index in [4.69, 9.17) is 0 Å². The maximum Gasteiger partial charge on any atom is 0.416 e. The number of hydrogen-bond acceptors (Lipinski definition) is 4. The first kappa shape index (κ1) is 20.0. The Kier molecular flexibility index (Phi) is 6.32. The zero-order valence-electron chi connectivity index (χ0n) is 12.3. The number of benzene rings is 1. The highest BCUT2D eigenvalue weighted by Crippen LogP contribution is 2.59. The van der Waals surface area contributed by atoms with E-state index in [0.29, 0.717) is 12.1 Å². The summed E-state index contributed by atoms with van der Waals surface area (Å²) in [5.41, 5.74) is -2.45. The summed E-state index contributed by atoms with van der Waals surface area (Å²) in [7, 11) is -4.63. The first-order valence-corrected chi connectivity index (χ1v) is 8.22. The minimum atomic E-state index is -4.83. The van der Waals surface area contributed by atoms with Crippen molar-refractivity contribution in [2.24, 2.45) is 0 Å². The molecule has 0 saturated carbocycles. The van der Waals surface area contributed by atoms with Gasteiger partial charge in [0.25, 0.3) is 0 Å². The number of rotatable bonds is 7. The smallest absolute Gasteiger partial charge is 0.375 e. The molecule has 0 spiro atoms. The zero-order valence-corrected chi connectivity index (χ0v) is 13.2. The van der Waals surface area contributed by atoms with E-state index >= 15 is 0 Å². The van der Waals surface area contributed by atoms with Gasteiger partial charge in [0.1, 0.15) is 0 Å². The first-order valence-electron chi connectivity index (χ1n) is 6.61. The molecule has 1 aromatic carbocycles. The molecule has 0 aliphatic heterocycles. The molecule has 1 N–H and O–H groups in total. The van der Waals surface area contributed by atoms with E-state index in [1.807, 2.05) is 0 Å². The topological polar surface area (TPSA) is 55.8 Å². The predicted octanol–water partition coefficient (Wildman–Crippen LogP) is 4.38. The van der Waals surface area contributed by atoms with Crippen LogP contribution in [0.1, 0.15) is 25.0 Å². The Hall–Kier alpha value is -1.02. The summed E-state index contributed by atoms with van der Waals surface area (Å²) in [6.07, 6.45) is -4.83. The van der Waals surface area contributed by atoms with Crippen molar-refractivity contribution in [1.29, 1.82) is 0 Å². The highest BCUT2D eigenvalue weighted by molar-refractivity contribution is 7.54. The molecule has 0 bridgehead atoms. The van der Waals surface area contributed by atoms with E-state index in [1.54, 1.807) is 0 Å². The molecule has 1 atom stereocenters. The molecule has 1 aromatic rings. The molecule has 0 fully saturated rings. The quantitative estimate of drug-likeness (QED) is 0.578.